The van der Waals surface area contributed by atoms with Crippen molar-refractivity contribution in [3.05, 3.63) is 0 Å². The van der Waals surface area contributed by atoms with Crippen molar-refractivity contribution in [2.45, 2.75) is 38.1 Å². The maximum atomic E-state index is 2.50. The Morgan fingerprint density at radius 1 is 1.18 bits per heavy atom. The van der Waals surface area contributed by atoms with Gasteiger partial charge in [0.05, 0.1) is 26.3 Å². The van der Waals surface area contributed by atoms with Gasteiger partial charge in [0.1, 0.15) is 8.07 Å². The van der Waals surface area contributed by atoms with E-state index >= 15 is 0 Å². The van der Waals surface area contributed by atoms with E-state index < -0.39 is 8.07 Å². The van der Waals surface area contributed by atoms with Crippen LogP contribution in [-0.2, 0) is 0 Å². The standard InChI is InChI=1S/C9H22NSi/c1-10(2)8-6-7-9(10)11(3,4)5/h9H,6-8H2,1-5H3/q+1. The van der Waals surface area contributed by atoms with Gasteiger partial charge in [0, 0.05) is 12.8 Å². The number of hydrogen-bond donors (Lipinski definition) is 0. The van der Waals surface area contributed by atoms with E-state index in [1.807, 2.05) is 0 Å². The molecule has 1 atom stereocenters. The van der Waals surface area contributed by atoms with Crippen molar-refractivity contribution in [3.8, 4) is 0 Å². The lowest BCUT2D eigenvalue weighted by Gasteiger charge is -2.38. The fourth-order valence-corrected chi connectivity index (χ4v) is 5.98. The maximum absolute atomic E-state index is 2.50. The molecule has 0 aromatic heterocycles. The first-order valence-corrected chi connectivity index (χ1v) is 8.24. The van der Waals surface area contributed by atoms with E-state index in [4.69, 9.17) is 0 Å². The Labute approximate surface area is 72.0 Å². The zero-order valence-electron chi connectivity index (χ0n) is 8.65. The monoisotopic (exact) mass is 172 g/mol. The van der Waals surface area contributed by atoms with Crippen LogP contribution in [0.4, 0.5) is 0 Å². The van der Waals surface area contributed by atoms with Crippen molar-refractivity contribution in [2.75, 3.05) is 20.6 Å². The summed E-state index contributed by atoms with van der Waals surface area (Å²) < 4.78 is 1.29. The van der Waals surface area contributed by atoms with Crippen LogP contribution >= 0.6 is 0 Å². The van der Waals surface area contributed by atoms with Crippen molar-refractivity contribution in [1.82, 2.24) is 0 Å². The molecule has 0 aliphatic carbocycles. The molecule has 0 N–H and O–H groups in total. The molecule has 1 heterocycles. The SMILES string of the molecule is C[N+]1(C)CCCC1[Si](C)(C)C. The summed E-state index contributed by atoms with van der Waals surface area (Å²) in [5.74, 6) is 0. The lowest BCUT2D eigenvalue weighted by atomic mass is 10.4. The van der Waals surface area contributed by atoms with E-state index in [1.54, 1.807) is 0 Å². The van der Waals surface area contributed by atoms with Crippen molar-refractivity contribution >= 4 is 8.07 Å². The molecule has 1 saturated heterocycles. The van der Waals surface area contributed by atoms with Crippen LogP contribution in [-0.4, -0.2) is 38.9 Å². The molecule has 1 nitrogen and oxygen atoms in total. The molecule has 0 saturated carbocycles. The van der Waals surface area contributed by atoms with Crippen LogP contribution in [0.5, 0.6) is 0 Å². The predicted molar refractivity (Wildman–Crippen MR) is 53.3 cm³/mol. The van der Waals surface area contributed by atoms with Gasteiger partial charge < -0.3 is 4.48 Å². The maximum Gasteiger partial charge on any atom is 0.114 e. The first-order valence-electron chi connectivity index (χ1n) is 4.67. The second-order valence-electron chi connectivity index (χ2n) is 5.53. The Hall–Kier alpha value is 0.177. The summed E-state index contributed by atoms with van der Waals surface area (Å²) in [6.07, 6.45) is 2.92. The van der Waals surface area contributed by atoms with Gasteiger partial charge in [-0.2, -0.15) is 0 Å². The Bertz CT molecular complexity index is 146. The van der Waals surface area contributed by atoms with Crippen molar-refractivity contribution < 1.29 is 4.48 Å². The zero-order chi connectivity index (χ0) is 8.70. The number of likely N-dealkylation sites (tertiary alicyclic amines) is 1. The van der Waals surface area contributed by atoms with Gasteiger partial charge in [0.25, 0.3) is 0 Å². The molecule has 0 amide bonds. The molecule has 0 bridgehead atoms. The van der Waals surface area contributed by atoms with Gasteiger partial charge in [0.2, 0.25) is 0 Å². The smallest absolute Gasteiger partial charge is 0.114 e. The lowest BCUT2D eigenvalue weighted by molar-refractivity contribution is -0.891. The summed E-state index contributed by atoms with van der Waals surface area (Å²) in [5, 5.41) is 0. The molecule has 1 aliphatic heterocycles. The van der Waals surface area contributed by atoms with E-state index in [1.165, 1.54) is 23.9 Å². The molecule has 1 unspecified atom stereocenters. The predicted octanol–water partition coefficient (Wildman–Crippen LogP) is 2.10. The van der Waals surface area contributed by atoms with E-state index in [-0.39, 0.29) is 0 Å². The molecular formula is C9H22NSi+. The zero-order valence-corrected chi connectivity index (χ0v) is 9.65. The second kappa shape index (κ2) is 2.59. The molecule has 0 aromatic rings. The van der Waals surface area contributed by atoms with Crippen molar-refractivity contribution in [2.24, 2.45) is 0 Å². The molecular weight excluding hydrogens is 150 g/mol. The molecule has 1 fully saturated rings. The molecule has 66 valence electrons. The average molecular weight is 172 g/mol. The largest absolute Gasteiger partial charge is 0.329 e. The van der Waals surface area contributed by atoms with Crippen molar-refractivity contribution in [1.29, 1.82) is 0 Å². The Balaban J connectivity index is 2.73. The van der Waals surface area contributed by atoms with Crippen LogP contribution in [0.2, 0.25) is 19.6 Å². The van der Waals surface area contributed by atoms with Gasteiger partial charge in [-0.25, -0.2) is 0 Å². The van der Waals surface area contributed by atoms with Gasteiger partial charge in [0.15, 0.2) is 0 Å². The van der Waals surface area contributed by atoms with Crippen LogP contribution in [0.15, 0.2) is 0 Å². The summed E-state index contributed by atoms with van der Waals surface area (Å²) in [7, 11) is 3.91. The molecule has 0 radical (unpaired) electrons. The van der Waals surface area contributed by atoms with Crippen LogP contribution < -0.4 is 0 Å². The fraction of sp³-hybridized carbons (Fsp3) is 1.00. The minimum absolute atomic E-state index is 0.887. The molecule has 11 heavy (non-hydrogen) atoms. The topological polar surface area (TPSA) is 0 Å². The number of nitrogens with zero attached hydrogens (tertiary/aromatic N) is 1. The summed E-state index contributed by atoms with van der Waals surface area (Å²) in [5.41, 5.74) is 1.00. The minimum Gasteiger partial charge on any atom is -0.329 e. The van der Waals surface area contributed by atoms with Crippen LogP contribution in [0.25, 0.3) is 0 Å². The van der Waals surface area contributed by atoms with E-state index in [0.29, 0.717) is 0 Å². The van der Waals surface area contributed by atoms with Crippen LogP contribution in [0.1, 0.15) is 12.8 Å². The number of rotatable bonds is 1. The second-order valence-corrected chi connectivity index (χ2v) is 10.9. The molecule has 0 aromatic carbocycles. The Morgan fingerprint density at radius 3 is 1.91 bits per heavy atom. The van der Waals surface area contributed by atoms with Gasteiger partial charge in [-0.3, -0.25) is 0 Å². The van der Waals surface area contributed by atoms with E-state index in [2.05, 4.69) is 33.7 Å². The average Bonchev–Trinajstić information content (AvgIpc) is 2.06. The first-order chi connectivity index (χ1) is 4.84. The summed E-state index contributed by atoms with van der Waals surface area (Å²) >= 11 is 0. The minimum atomic E-state index is -0.887. The van der Waals surface area contributed by atoms with Gasteiger partial charge >= 0.3 is 0 Å². The third-order valence-corrected chi connectivity index (χ3v) is 6.04. The third kappa shape index (κ3) is 1.85. The highest BCUT2D eigenvalue weighted by molar-refractivity contribution is 6.77. The fourth-order valence-electron chi connectivity index (χ4n) is 2.68. The molecule has 1 aliphatic rings. The summed E-state index contributed by atoms with van der Waals surface area (Å²) in [6, 6.07) is 0. The first kappa shape index (κ1) is 9.27. The third-order valence-electron chi connectivity index (χ3n) is 3.06. The lowest BCUT2D eigenvalue weighted by Crippen LogP contribution is -2.55. The summed E-state index contributed by atoms with van der Waals surface area (Å²) in [6.45, 7) is 8.91. The van der Waals surface area contributed by atoms with Gasteiger partial charge in [-0.05, 0) is 0 Å². The van der Waals surface area contributed by atoms with Crippen LogP contribution in [0.3, 0.4) is 0 Å². The normalized spacial score (nSPS) is 30.8. The van der Waals surface area contributed by atoms with Gasteiger partial charge in [-0.1, -0.05) is 19.6 Å². The number of hydrogen-bond acceptors (Lipinski definition) is 0. The van der Waals surface area contributed by atoms with Crippen LogP contribution in [0, 0.1) is 0 Å². The van der Waals surface area contributed by atoms with Crippen molar-refractivity contribution in [3.63, 3.8) is 0 Å². The Morgan fingerprint density at radius 2 is 1.73 bits per heavy atom. The van der Waals surface area contributed by atoms with E-state index in [0.717, 1.165) is 5.67 Å². The highest BCUT2D eigenvalue weighted by atomic mass is 28.3. The Kier molecular flexibility index (Phi) is 2.19. The highest BCUT2D eigenvalue weighted by Crippen LogP contribution is 2.29. The number of quaternary nitrogens is 1. The van der Waals surface area contributed by atoms with E-state index in [9.17, 15) is 0 Å². The molecule has 1 rings (SSSR count). The quantitative estimate of drug-likeness (QED) is 0.420. The highest BCUT2D eigenvalue weighted by Gasteiger charge is 2.43. The summed E-state index contributed by atoms with van der Waals surface area (Å²) in [4.78, 5) is 0. The van der Waals surface area contributed by atoms with Gasteiger partial charge in [-0.15, -0.1) is 0 Å². The molecule has 2 heteroatoms. The molecule has 0 spiro atoms.